The van der Waals surface area contributed by atoms with Crippen molar-refractivity contribution in [2.45, 2.75) is 20.5 Å². The minimum atomic E-state index is -0.850. The van der Waals surface area contributed by atoms with Crippen molar-refractivity contribution in [3.63, 3.8) is 0 Å². The Kier molecular flexibility index (Phi) is 4.39. The van der Waals surface area contributed by atoms with Gasteiger partial charge in [-0.3, -0.25) is 0 Å². The maximum Gasteiger partial charge on any atom is 0.149 e. The van der Waals surface area contributed by atoms with Gasteiger partial charge in [-0.05, 0) is 43.7 Å². The van der Waals surface area contributed by atoms with Gasteiger partial charge in [-0.25, -0.2) is 18.2 Å². The Hall–Kier alpha value is -1.88. The van der Waals surface area contributed by atoms with Crippen molar-refractivity contribution in [2.24, 2.45) is 0 Å². The highest BCUT2D eigenvalue weighted by Gasteiger charge is 2.18. The normalized spacial score (nSPS) is 10.8. The average molecular weight is 281 g/mol. The number of aromatic nitrogens is 1. The largest absolute Gasteiger partial charge is 0.377 e. The summed E-state index contributed by atoms with van der Waals surface area (Å²) >= 11 is 0. The van der Waals surface area contributed by atoms with Crippen molar-refractivity contribution in [1.82, 2.24) is 4.98 Å². The van der Waals surface area contributed by atoms with Crippen molar-refractivity contribution >= 4 is 0 Å². The van der Waals surface area contributed by atoms with E-state index in [1.165, 1.54) is 6.07 Å². The first-order valence-electron chi connectivity index (χ1n) is 6.22. The van der Waals surface area contributed by atoms with E-state index in [9.17, 15) is 13.2 Å². The average Bonchev–Trinajstić information content (AvgIpc) is 2.39. The fraction of sp³-hybridized carbons (Fsp3) is 0.267. The van der Waals surface area contributed by atoms with Gasteiger partial charge in [0.05, 0.1) is 12.2 Å². The molecule has 2 nitrogen and oxygen atoms in total. The molecule has 5 heteroatoms. The molecule has 0 saturated heterocycles. The number of aryl methyl sites for hydroxylation is 1. The monoisotopic (exact) mass is 281 g/mol. The third-order valence-corrected chi connectivity index (χ3v) is 2.80. The summed E-state index contributed by atoms with van der Waals surface area (Å²) in [4.78, 5) is 3.87. The lowest BCUT2D eigenvalue weighted by atomic mass is 10.1. The van der Waals surface area contributed by atoms with Crippen LogP contribution in [0.15, 0.2) is 24.3 Å². The van der Waals surface area contributed by atoms with Crippen LogP contribution in [0.1, 0.15) is 18.2 Å². The number of hydrogen-bond acceptors (Lipinski definition) is 2. The van der Waals surface area contributed by atoms with Gasteiger partial charge in [0, 0.05) is 12.3 Å². The third-order valence-electron chi connectivity index (χ3n) is 2.80. The van der Waals surface area contributed by atoms with Crippen LogP contribution in [0.5, 0.6) is 0 Å². The van der Waals surface area contributed by atoms with Gasteiger partial charge >= 0.3 is 0 Å². The van der Waals surface area contributed by atoms with Crippen molar-refractivity contribution in [3.05, 3.63) is 53.0 Å². The van der Waals surface area contributed by atoms with E-state index in [1.807, 2.05) is 0 Å². The molecule has 0 spiro atoms. The van der Waals surface area contributed by atoms with Gasteiger partial charge in [0.25, 0.3) is 0 Å². The fourth-order valence-electron chi connectivity index (χ4n) is 1.87. The summed E-state index contributed by atoms with van der Waals surface area (Å²) in [5.41, 5.74) is 0.0756. The van der Waals surface area contributed by atoms with Gasteiger partial charge in [0.1, 0.15) is 23.1 Å². The molecule has 2 aromatic rings. The maximum atomic E-state index is 14.0. The van der Waals surface area contributed by atoms with E-state index in [4.69, 9.17) is 4.74 Å². The van der Waals surface area contributed by atoms with E-state index in [-0.39, 0.29) is 12.3 Å². The van der Waals surface area contributed by atoms with Crippen LogP contribution in [0.4, 0.5) is 13.2 Å². The molecule has 0 atom stereocenters. The van der Waals surface area contributed by atoms with Gasteiger partial charge in [-0.2, -0.15) is 0 Å². The first-order valence-corrected chi connectivity index (χ1v) is 6.22. The standard InChI is InChI=1S/C15H14F3NO/c1-3-20-8-10-6-12(17)14(13(18)7-10)15-11(16)5-4-9(2)19-15/h4-7H,3,8H2,1-2H3. The van der Waals surface area contributed by atoms with Crippen LogP contribution < -0.4 is 0 Å². The maximum absolute atomic E-state index is 14.0. The van der Waals surface area contributed by atoms with Crippen LogP contribution in [0.25, 0.3) is 11.3 Å². The number of benzene rings is 1. The SMILES string of the molecule is CCOCc1cc(F)c(-c2nc(C)ccc2F)c(F)c1. The smallest absolute Gasteiger partial charge is 0.149 e. The first-order chi connectivity index (χ1) is 9.52. The van der Waals surface area contributed by atoms with Crippen LogP contribution >= 0.6 is 0 Å². The Bertz CT molecular complexity index is 606. The van der Waals surface area contributed by atoms with Crippen LogP contribution in [0.2, 0.25) is 0 Å². The van der Waals surface area contributed by atoms with Crippen molar-refractivity contribution in [2.75, 3.05) is 6.61 Å². The number of nitrogens with zero attached hydrogens (tertiary/aromatic N) is 1. The van der Waals surface area contributed by atoms with Crippen LogP contribution in [-0.4, -0.2) is 11.6 Å². The molecule has 2 rings (SSSR count). The molecule has 0 radical (unpaired) electrons. The molecule has 0 fully saturated rings. The zero-order valence-corrected chi connectivity index (χ0v) is 11.2. The molecule has 20 heavy (non-hydrogen) atoms. The van der Waals surface area contributed by atoms with Gasteiger partial charge < -0.3 is 4.74 Å². The summed E-state index contributed by atoms with van der Waals surface area (Å²) in [5.74, 6) is -2.46. The molecule has 1 aromatic heterocycles. The second-order valence-corrected chi connectivity index (χ2v) is 4.35. The number of ether oxygens (including phenoxy) is 1. The van der Waals surface area contributed by atoms with E-state index >= 15 is 0 Å². The number of pyridine rings is 1. The molecule has 0 N–H and O–H groups in total. The topological polar surface area (TPSA) is 22.1 Å². The van der Waals surface area contributed by atoms with E-state index in [2.05, 4.69) is 4.98 Å². The number of halogens is 3. The summed E-state index contributed by atoms with van der Waals surface area (Å²) in [7, 11) is 0. The molecule has 0 aliphatic carbocycles. The summed E-state index contributed by atoms with van der Waals surface area (Å²) in [6, 6.07) is 4.86. The first kappa shape index (κ1) is 14.5. The molecule has 1 aromatic carbocycles. The van der Waals surface area contributed by atoms with Crippen LogP contribution in [0.3, 0.4) is 0 Å². The van der Waals surface area contributed by atoms with E-state index in [1.54, 1.807) is 13.8 Å². The summed E-state index contributed by atoms with van der Waals surface area (Å²) in [5, 5.41) is 0. The molecule has 0 bridgehead atoms. The van der Waals surface area contributed by atoms with Crippen LogP contribution in [0, 0.1) is 24.4 Å². The highest BCUT2D eigenvalue weighted by molar-refractivity contribution is 5.62. The lowest BCUT2D eigenvalue weighted by Crippen LogP contribution is -2.01. The fourth-order valence-corrected chi connectivity index (χ4v) is 1.87. The van der Waals surface area contributed by atoms with E-state index < -0.39 is 23.0 Å². The van der Waals surface area contributed by atoms with Crippen molar-refractivity contribution in [1.29, 1.82) is 0 Å². The number of rotatable bonds is 4. The van der Waals surface area contributed by atoms with Gasteiger partial charge in [0.15, 0.2) is 0 Å². The predicted molar refractivity (Wildman–Crippen MR) is 69.6 cm³/mol. The van der Waals surface area contributed by atoms with Crippen LogP contribution in [-0.2, 0) is 11.3 Å². The summed E-state index contributed by atoms with van der Waals surface area (Å²) in [6.45, 7) is 3.96. The zero-order chi connectivity index (χ0) is 14.7. The molecular formula is C15H14F3NO. The quantitative estimate of drug-likeness (QED) is 0.844. The predicted octanol–water partition coefficient (Wildman–Crippen LogP) is 4.01. The molecule has 0 amide bonds. The van der Waals surface area contributed by atoms with E-state index in [0.29, 0.717) is 17.9 Å². The minimum Gasteiger partial charge on any atom is -0.377 e. The summed E-state index contributed by atoms with van der Waals surface area (Å²) < 4.78 is 46.9. The molecule has 0 aliphatic rings. The lowest BCUT2D eigenvalue weighted by Gasteiger charge is -2.09. The van der Waals surface area contributed by atoms with Gasteiger partial charge in [-0.15, -0.1) is 0 Å². The second kappa shape index (κ2) is 6.05. The van der Waals surface area contributed by atoms with E-state index in [0.717, 1.165) is 18.2 Å². The molecule has 1 heterocycles. The second-order valence-electron chi connectivity index (χ2n) is 4.35. The Morgan fingerprint density at radius 3 is 2.30 bits per heavy atom. The van der Waals surface area contributed by atoms with Gasteiger partial charge in [-0.1, -0.05) is 0 Å². The Morgan fingerprint density at radius 1 is 1.05 bits per heavy atom. The van der Waals surface area contributed by atoms with Crippen molar-refractivity contribution < 1.29 is 17.9 Å². The molecule has 106 valence electrons. The molecule has 0 unspecified atom stereocenters. The minimum absolute atomic E-state index is 0.106. The zero-order valence-electron chi connectivity index (χ0n) is 11.2. The Balaban J connectivity index is 2.49. The highest BCUT2D eigenvalue weighted by atomic mass is 19.1. The number of hydrogen-bond donors (Lipinski definition) is 0. The molecule has 0 aliphatic heterocycles. The van der Waals surface area contributed by atoms with Gasteiger partial charge in [0.2, 0.25) is 0 Å². The third kappa shape index (κ3) is 2.99. The lowest BCUT2D eigenvalue weighted by molar-refractivity contribution is 0.133. The van der Waals surface area contributed by atoms with Crippen molar-refractivity contribution in [3.8, 4) is 11.3 Å². The Labute approximate surface area is 115 Å². The Morgan fingerprint density at radius 2 is 1.70 bits per heavy atom. The molecular weight excluding hydrogens is 267 g/mol. The summed E-state index contributed by atoms with van der Waals surface area (Å²) in [6.07, 6.45) is 0. The highest BCUT2D eigenvalue weighted by Crippen LogP contribution is 2.28. The molecule has 0 saturated carbocycles.